The lowest BCUT2D eigenvalue weighted by Gasteiger charge is -2.35. The second-order valence-corrected chi connectivity index (χ2v) is 12.5. The highest BCUT2D eigenvalue weighted by Gasteiger charge is 2.47. The minimum atomic E-state index is -0.515. The smallest absolute Gasteiger partial charge is 0.0714 e. The molecule has 0 fully saturated rings. The summed E-state index contributed by atoms with van der Waals surface area (Å²) in [6.07, 6.45) is 0. The molecule has 0 atom stereocenters. The molecule has 1 aliphatic rings. The van der Waals surface area contributed by atoms with E-state index in [0.29, 0.717) is 0 Å². The zero-order chi connectivity index (χ0) is 31.9. The second-order valence-electron chi connectivity index (χ2n) is 12.5. The van der Waals surface area contributed by atoms with Gasteiger partial charge in [-0.15, -0.1) is 0 Å². The van der Waals surface area contributed by atoms with E-state index >= 15 is 0 Å². The summed E-state index contributed by atoms with van der Waals surface area (Å²) in [4.78, 5) is 2.37. The zero-order valence-corrected chi connectivity index (χ0v) is 26.5. The molecule has 1 aliphatic carbocycles. The molecule has 0 spiro atoms. The SMILES string of the molecule is c1ccc(-c2cccc3c4c(ccc23)C(c2ccccc2)(c2ccccc2)c2cc(N(c3ccccc3)c3ccccc3)ccc2-4)cc1. The van der Waals surface area contributed by atoms with Crippen molar-refractivity contribution in [1.82, 2.24) is 0 Å². The number of hydrogen-bond acceptors (Lipinski definition) is 1. The molecule has 8 aromatic rings. The van der Waals surface area contributed by atoms with E-state index in [4.69, 9.17) is 0 Å². The molecule has 0 aliphatic heterocycles. The second kappa shape index (κ2) is 11.6. The lowest BCUT2D eigenvalue weighted by Crippen LogP contribution is -2.28. The van der Waals surface area contributed by atoms with Gasteiger partial charge in [-0.1, -0.05) is 164 Å². The number of anilines is 3. The van der Waals surface area contributed by atoms with Crippen LogP contribution in [0.25, 0.3) is 33.0 Å². The molecular formula is C47H33N. The van der Waals surface area contributed by atoms with Crippen molar-refractivity contribution in [2.45, 2.75) is 5.41 Å². The van der Waals surface area contributed by atoms with Gasteiger partial charge in [-0.05, 0) is 91.7 Å². The Morgan fingerprint density at radius 3 is 1.46 bits per heavy atom. The first-order valence-corrected chi connectivity index (χ1v) is 16.6. The molecule has 9 rings (SSSR count). The van der Waals surface area contributed by atoms with E-state index in [2.05, 4.69) is 205 Å². The molecule has 0 aromatic heterocycles. The van der Waals surface area contributed by atoms with Crippen molar-refractivity contribution in [3.8, 4) is 22.3 Å². The highest BCUT2D eigenvalue weighted by Crippen LogP contribution is 2.59. The third-order valence-corrected chi connectivity index (χ3v) is 9.93. The fraction of sp³-hybridized carbons (Fsp3) is 0.0213. The van der Waals surface area contributed by atoms with Gasteiger partial charge in [0, 0.05) is 17.1 Å². The fourth-order valence-electron chi connectivity index (χ4n) is 7.94. The molecular weight excluding hydrogens is 579 g/mol. The van der Waals surface area contributed by atoms with Crippen LogP contribution >= 0.6 is 0 Å². The Hall–Kier alpha value is -6.18. The van der Waals surface area contributed by atoms with Gasteiger partial charge in [0.15, 0.2) is 0 Å². The van der Waals surface area contributed by atoms with E-state index in [-0.39, 0.29) is 0 Å². The average molecular weight is 612 g/mol. The molecule has 1 heteroatoms. The maximum absolute atomic E-state index is 2.45. The van der Waals surface area contributed by atoms with Gasteiger partial charge >= 0.3 is 0 Å². The number of benzene rings is 8. The first-order valence-electron chi connectivity index (χ1n) is 16.6. The van der Waals surface area contributed by atoms with Crippen LogP contribution in [0.5, 0.6) is 0 Å². The van der Waals surface area contributed by atoms with Gasteiger partial charge in [-0.2, -0.15) is 0 Å². The van der Waals surface area contributed by atoms with Gasteiger partial charge < -0.3 is 4.90 Å². The largest absolute Gasteiger partial charge is 0.310 e. The molecule has 0 heterocycles. The predicted molar refractivity (Wildman–Crippen MR) is 201 cm³/mol. The van der Waals surface area contributed by atoms with E-state index in [1.165, 1.54) is 55.3 Å². The van der Waals surface area contributed by atoms with Crippen LogP contribution in [-0.4, -0.2) is 0 Å². The number of rotatable bonds is 6. The van der Waals surface area contributed by atoms with Gasteiger partial charge in [0.25, 0.3) is 0 Å². The van der Waals surface area contributed by atoms with Crippen LogP contribution in [0, 0.1) is 0 Å². The molecule has 1 nitrogen and oxygen atoms in total. The van der Waals surface area contributed by atoms with Crippen molar-refractivity contribution in [2.24, 2.45) is 0 Å². The van der Waals surface area contributed by atoms with Crippen LogP contribution in [0.1, 0.15) is 22.3 Å². The van der Waals surface area contributed by atoms with Crippen LogP contribution in [0.3, 0.4) is 0 Å². The average Bonchev–Trinajstić information content (AvgIpc) is 3.47. The Balaban J connectivity index is 1.39. The first-order chi connectivity index (χ1) is 23.8. The highest BCUT2D eigenvalue weighted by molar-refractivity contribution is 6.09. The lowest BCUT2D eigenvalue weighted by molar-refractivity contribution is 0.769. The maximum Gasteiger partial charge on any atom is 0.0714 e. The number of hydrogen-bond donors (Lipinski definition) is 0. The standard InChI is InChI=1S/C47H33N/c1-6-17-34(18-7-1)40-27-16-28-42-41(40)31-32-44-46(42)43-30-29-39(48(37-23-12-4-13-24-37)38-25-14-5-15-26-38)33-45(43)47(44,35-19-8-2-9-20-35)36-21-10-3-11-22-36/h1-33H. The van der Waals surface area contributed by atoms with E-state index in [9.17, 15) is 0 Å². The lowest BCUT2D eigenvalue weighted by atomic mass is 9.67. The molecule has 0 bridgehead atoms. The Bertz CT molecular complexity index is 2290. The summed E-state index contributed by atoms with van der Waals surface area (Å²) in [5.41, 5.74) is 13.1. The molecule has 226 valence electrons. The van der Waals surface area contributed by atoms with E-state index < -0.39 is 5.41 Å². The van der Waals surface area contributed by atoms with Gasteiger partial charge in [0.05, 0.1) is 5.41 Å². The number of fused-ring (bicyclic) bond motifs is 5. The summed E-state index contributed by atoms with van der Waals surface area (Å²) in [5.74, 6) is 0. The molecule has 0 N–H and O–H groups in total. The fourth-order valence-corrected chi connectivity index (χ4v) is 7.94. The van der Waals surface area contributed by atoms with Crippen LogP contribution in [-0.2, 0) is 5.41 Å². The molecule has 0 saturated heterocycles. The third kappa shape index (κ3) is 4.32. The number of nitrogens with zero attached hydrogens (tertiary/aromatic N) is 1. The van der Waals surface area contributed by atoms with Crippen LogP contribution in [0.4, 0.5) is 17.1 Å². The maximum atomic E-state index is 2.45. The minimum absolute atomic E-state index is 0.515. The summed E-state index contributed by atoms with van der Waals surface area (Å²) in [6.45, 7) is 0. The minimum Gasteiger partial charge on any atom is -0.310 e. The van der Waals surface area contributed by atoms with Crippen LogP contribution < -0.4 is 4.90 Å². The Morgan fingerprint density at radius 2 is 0.875 bits per heavy atom. The molecule has 0 radical (unpaired) electrons. The molecule has 0 unspecified atom stereocenters. The summed E-state index contributed by atoms with van der Waals surface area (Å²) in [6, 6.07) is 72.9. The van der Waals surface area contributed by atoms with Crippen molar-refractivity contribution < 1.29 is 0 Å². The summed E-state index contributed by atoms with van der Waals surface area (Å²) >= 11 is 0. The van der Waals surface area contributed by atoms with Gasteiger partial charge in [0.1, 0.15) is 0 Å². The van der Waals surface area contributed by atoms with E-state index in [1.807, 2.05) is 0 Å². The van der Waals surface area contributed by atoms with Gasteiger partial charge in [-0.25, -0.2) is 0 Å². The Morgan fingerprint density at radius 1 is 0.333 bits per heavy atom. The normalized spacial score (nSPS) is 12.8. The Kier molecular flexibility index (Phi) is 6.76. The first kappa shape index (κ1) is 28.1. The molecule has 8 aromatic carbocycles. The summed E-state index contributed by atoms with van der Waals surface area (Å²) < 4.78 is 0. The topological polar surface area (TPSA) is 3.24 Å². The van der Waals surface area contributed by atoms with E-state index in [1.54, 1.807) is 0 Å². The van der Waals surface area contributed by atoms with Crippen LogP contribution in [0.15, 0.2) is 200 Å². The summed E-state index contributed by atoms with van der Waals surface area (Å²) in [5, 5.41) is 2.55. The summed E-state index contributed by atoms with van der Waals surface area (Å²) in [7, 11) is 0. The van der Waals surface area contributed by atoms with Crippen LogP contribution in [0.2, 0.25) is 0 Å². The zero-order valence-electron chi connectivity index (χ0n) is 26.5. The molecule has 48 heavy (non-hydrogen) atoms. The van der Waals surface area contributed by atoms with Crippen molar-refractivity contribution in [2.75, 3.05) is 4.90 Å². The van der Waals surface area contributed by atoms with Gasteiger partial charge in [0.2, 0.25) is 0 Å². The highest BCUT2D eigenvalue weighted by atomic mass is 15.1. The van der Waals surface area contributed by atoms with Crippen molar-refractivity contribution in [1.29, 1.82) is 0 Å². The van der Waals surface area contributed by atoms with Crippen molar-refractivity contribution in [3.63, 3.8) is 0 Å². The van der Waals surface area contributed by atoms with Crippen molar-refractivity contribution in [3.05, 3.63) is 222 Å². The third-order valence-electron chi connectivity index (χ3n) is 9.93. The number of para-hydroxylation sites is 2. The van der Waals surface area contributed by atoms with Crippen molar-refractivity contribution >= 4 is 27.8 Å². The monoisotopic (exact) mass is 611 g/mol. The van der Waals surface area contributed by atoms with E-state index in [0.717, 1.165) is 17.1 Å². The molecule has 0 amide bonds. The van der Waals surface area contributed by atoms with Gasteiger partial charge in [-0.3, -0.25) is 0 Å². The molecule has 0 saturated carbocycles. The Labute approximate surface area is 282 Å². The quantitative estimate of drug-likeness (QED) is 0.181. The predicted octanol–water partition coefficient (Wildman–Crippen LogP) is 12.3.